The minimum absolute atomic E-state index is 0.417. The van der Waals surface area contributed by atoms with Gasteiger partial charge in [0.2, 0.25) is 0 Å². The standard InChI is InChI=1S/C8H2Cl2F3NO2S/c9-6-2-1-5(8(11,12)13)7(4(6)3-14)17(10,15)16/h1-2H. The van der Waals surface area contributed by atoms with E-state index >= 15 is 0 Å². The Labute approximate surface area is 104 Å². The van der Waals surface area contributed by atoms with Gasteiger partial charge in [0, 0.05) is 10.7 Å². The highest BCUT2D eigenvalue weighted by Gasteiger charge is 2.39. The maximum Gasteiger partial charge on any atom is 0.417 e. The van der Waals surface area contributed by atoms with Crippen LogP contribution >= 0.6 is 22.3 Å². The molecule has 0 aromatic heterocycles. The highest BCUT2D eigenvalue weighted by Crippen LogP contribution is 2.39. The van der Waals surface area contributed by atoms with E-state index < -0.39 is 36.3 Å². The van der Waals surface area contributed by atoms with Gasteiger partial charge in [-0.3, -0.25) is 0 Å². The van der Waals surface area contributed by atoms with Crippen molar-refractivity contribution in [2.75, 3.05) is 0 Å². The molecule has 1 aromatic rings. The van der Waals surface area contributed by atoms with Crippen LogP contribution in [0.15, 0.2) is 17.0 Å². The average molecular weight is 304 g/mol. The Hall–Kier alpha value is -0.970. The van der Waals surface area contributed by atoms with E-state index in [2.05, 4.69) is 0 Å². The summed E-state index contributed by atoms with van der Waals surface area (Å²) in [4.78, 5) is -1.32. The van der Waals surface area contributed by atoms with E-state index in [1.165, 1.54) is 6.07 Å². The number of nitriles is 1. The molecule has 1 rings (SSSR count). The van der Waals surface area contributed by atoms with E-state index in [0.717, 1.165) is 6.07 Å². The van der Waals surface area contributed by atoms with Crippen LogP contribution in [-0.2, 0) is 15.2 Å². The molecule has 92 valence electrons. The topological polar surface area (TPSA) is 57.9 Å². The van der Waals surface area contributed by atoms with Crippen LogP contribution in [0.1, 0.15) is 11.1 Å². The van der Waals surface area contributed by atoms with Crippen molar-refractivity contribution >= 4 is 31.3 Å². The Balaban J connectivity index is 3.85. The van der Waals surface area contributed by atoms with Gasteiger partial charge in [-0.25, -0.2) is 8.42 Å². The van der Waals surface area contributed by atoms with Gasteiger partial charge in [-0.2, -0.15) is 18.4 Å². The van der Waals surface area contributed by atoms with Crippen molar-refractivity contribution in [3.05, 3.63) is 28.3 Å². The summed E-state index contributed by atoms with van der Waals surface area (Å²) in [5.74, 6) is 0. The molecule has 0 aliphatic heterocycles. The molecule has 17 heavy (non-hydrogen) atoms. The van der Waals surface area contributed by atoms with Crippen LogP contribution in [0.5, 0.6) is 0 Å². The Morgan fingerprint density at radius 2 is 1.82 bits per heavy atom. The molecule has 0 radical (unpaired) electrons. The first-order valence-corrected chi connectivity index (χ1v) is 6.52. The second-order valence-corrected chi connectivity index (χ2v) is 5.76. The third-order valence-electron chi connectivity index (χ3n) is 1.77. The first-order chi connectivity index (χ1) is 7.59. The average Bonchev–Trinajstić information content (AvgIpc) is 2.13. The number of hydrogen-bond donors (Lipinski definition) is 0. The lowest BCUT2D eigenvalue weighted by Gasteiger charge is -2.12. The maximum absolute atomic E-state index is 12.6. The number of benzene rings is 1. The first-order valence-electron chi connectivity index (χ1n) is 3.83. The van der Waals surface area contributed by atoms with Crippen LogP contribution in [-0.4, -0.2) is 8.42 Å². The van der Waals surface area contributed by atoms with Gasteiger partial charge in [-0.1, -0.05) is 11.6 Å². The summed E-state index contributed by atoms with van der Waals surface area (Å²) < 4.78 is 59.8. The van der Waals surface area contributed by atoms with Gasteiger partial charge in [0.15, 0.2) is 0 Å². The Morgan fingerprint density at radius 3 is 2.18 bits per heavy atom. The van der Waals surface area contributed by atoms with Crippen molar-refractivity contribution in [2.45, 2.75) is 11.1 Å². The van der Waals surface area contributed by atoms with Crippen LogP contribution < -0.4 is 0 Å². The fourth-order valence-corrected chi connectivity index (χ4v) is 2.72. The number of halogens is 5. The zero-order chi connectivity index (χ0) is 13.4. The molecule has 0 N–H and O–H groups in total. The molecule has 0 unspecified atom stereocenters. The molecule has 9 heteroatoms. The predicted molar refractivity (Wildman–Crippen MR) is 54.2 cm³/mol. The summed E-state index contributed by atoms with van der Waals surface area (Å²) in [6.07, 6.45) is -4.95. The van der Waals surface area contributed by atoms with E-state index in [4.69, 9.17) is 27.5 Å². The van der Waals surface area contributed by atoms with E-state index in [0.29, 0.717) is 6.07 Å². The summed E-state index contributed by atoms with van der Waals surface area (Å²) in [6, 6.07) is 2.53. The normalized spacial score (nSPS) is 12.2. The third-order valence-corrected chi connectivity index (χ3v) is 3.46. The third kappa shape index (κ3) is 2.83. The van der Waals surface area contributed by atoms with E-state index in [1.807, 2.05) is 0 Å². The maximum atomic E-state index is 12.6. The fraction of sp³-hybridized carbons (Fsp3) is 0.125. The zero-order valence-corrected chi connectivity index (χ0v) is 10.0. The van der Waals surface area contributed by atoms with Crippen LogP contribution in [0.4, 0.5) is 13.2 Å². The summed E-state index contributed by atoms with van der Waals surface area (Å²) in [5, 5.41) is 8.21. The summed E-state index contributed by atoms with van der Waals surface area (Å²) in [6.45, 7) is 0. The highest BCUT2D eigenvalue weighted by molar-refractivity contribution is 8.13. The van der Waals surface area contributed by atoms with E-state index in [9.17, 15) is 21.6 Å². The van der Waals surface area contributed by atoms with Gasteiger partial charge in [0.05, 0.1) is 16.1 Å². The smallest absolute Gasteiger partial charge is 0.207 e. The van der Waals surface area contributed by atoms with Gasteiger partial charge in [-0.05, 0) is 12.1 Å². The number of nitrogens with zero attached hydrogens (tertiary/aromatic N) is 1. The lowest BCUT2D eigenvalue weighted by molar-refractivity contribution is -0.139. The molecule has 1 aromatic carbocycles. The molecule has 0 atom stereocenters. The molecule has 3 nitrogen and oxygen atoms in total. The minimum Gasteiger partial charge on any atom is -0.207 e. The summed E-state index contributed by atoms with van der Waals surface area (Å²) in [5.41, 5.74) is -2.34. The largest absolute Gasteiger partial charge is 0.417 e. The van der Waals surface area contributed by atoms with Gasteiger partial charge in [0.25, 0.3) is 9.05 Å². The predicted octanol–water partition coefficient (Wildman–Crippen LogP) is 3.16. The van der Waals surface area contributed by atoms with Crippen molar-refractivity contribution < 1.29 is 21.6 Å². The lowest BCUT2D eigenvalue weighted by Crippen LogP contribution is -2.12. The van der Waals surface area contributed by atoms with E-state index in [1.54, 1.807) is 0 Å². The van der Waals surface area contributed by atoms with Gasteiger partial charge >= 0.3 is 6.18 Å². The fourth-order valence-electron chi connectivity index (χ4n) is 1.14. The van der Waals surface area contributed by atoms with Crippen molar-refractivity contribution in [3.63, 3.8) is 0 Å². The van der Waals surface area contributed by atoms with Crippen molar-refractivity contribution in [1.82, 2.24) is 0 Å². The highest BCUT2D eigenvalue weighted by atomic mass is 35.7. The van der Waals surface area contributed by atoms with Crippen LogP contribution in [0.3, 0.4) is 0 Å². The minimum atomic E-state index is -4.95. The Kier molecular flexibility index (Phi) is 3.62. The van der Waals surface area contributed by atoms with Crippen molar-refractivity contribution in [2.24, 2.45) is 0 Å². The summed E-state index contributed by atoms with van der Waals surface area (Å²) >= 11 is 5.44. The Bertz CT molecular complexity index is 604. The van der Waals surface area contributed by atoms with Crippen molar-refractivity contribution in [1.29, 1.82) is 5.26 Å². The molecule has 0 spiro atoms. The molecule has 0 heterocycles. The SMILES string of the molecule is N#Cc1c(Cl)ccc(C(F)(F)F)c1S(=O)(=O)Cl. The van der Waals surface area contributed by atoms with Gasteiger partial charge in [0.1, 0.15) is 11.0 Å². The first kappa shape index (κ1) is 14.1. The molecule has 0 aliphatic carbocycles. The molecular weight excluding hydrogens is 302 g/mol. The zero-order valence-electron chi connectivity index (χ0n) is 7.72. The monoisotopic (exact) mass is 303 g/mol. The lowest BCUT2D eigenvalue weighted by atomic mass is 10.1. The second kappa shape index (κ2) is 4.37. The molecule has 0 saturated carbocycles. The molecule has 0 bridgehead atoms. The second-order valence-electron chi connectivity index (χ2n) is 2.85. The van der Waals surface area contributed by atoms with Gasteiger partial charge < -0.3 is 0 Å². The number of alkyl halides is 3. The van der Waals surface area contributed by atoms with Crippen LogP contribution in [0.25, 0.3) is 0 Å². The van der Waals surface area contributed by atoms with Crippen LogP contribution in [0.2, 0.25) is 5.02 Å². The quantitative estimate of drug-likeness (QED) is 0.749. The number of hydrogen-bond acceptors (Lipinski definition) is 3. The number of rotatable bonds is 1. The molecule has 0 aliphatic rings. The van der Waals surface area contributed by atoms with E-state index in [-0.39, 0.29) is 0 Å². The van der Waals surface area contributed by atoms with Crippen LogP contribution in [0, 0.1) is 11.3 Å². The Morgan fingerprint density at radius 1 is 1.29 bits per heavy atom. The molecule has 0 amide bonds. The van der Waals surface area contributed by atoms with Gasteiger partial charge in [-0.15, -0.1) is 0 Å². The molecular formula is C8H2Cl2F3NO2S. The summed E-state index contributed by atoms with van der Waals surface area (Å²) in [7, 11) is 0.152. The van der Waals surface area contributed by atoms with Crippen molar-refractivity contribution in [3.8, 4) is 6.07 Å². The molecule has 0 fully saturated rings. The molecule has 0 saturated heterocycles.